The molecule has 0 bridgehead atoms. The first-order valence-corrected chi connectivity index (χ1v) is 7.75. The van der Waals surface area contributed by atoms with E-state index in [1.165, 1.54) is 12.2 Å². The van der Waals surface area contributed by atoms with Crippen molar-refractivity contribution in [2.45, 2.75) is 69.5 Å². The summed E-state index contributed by atoms with van der Waals surface area (Å²) in [6, 6.07) is 1.30. The van der Waals surface area contributed by atoms with E-state index in [0.717, 1.165) is 11.7 Å². The average molecular weight is 272 g/mol. The number of amides is 1. The third-order valence-electron chi connectivity index (χ3n) is 3.14. The van der Waals surface area contributed by atoms with Crippen LogP contribution in [-0.4, -0.2) is 40.8 Å². The van der Waals surface area contributed by atoms with Crippen LogP contribution in [0.5, 0.6) is 0 Å². The van der Waals surface area contributed by atoms with Gasteiger partial charge in [0.2, 0.25) is 0 Å². The molecular formula is C13H24N2O2S. The topological polar surface area (TPSA) is 50.4 Å². The maximum atomic E-state index is 11.6. The maximum Gasteiger partial charge on any atom is 0.407 e. The van der Waals surface area contributed by atoms with Crippen LogP contribution in [0.1, 0.15) is 40.5 Å². The van der Waals surface area contributed by atoms with Crippen LogP contribution in [0.25, 0.3) is 0 Å². The molecule has 1 aliphatic heterocycles. The van der Waals surface area contributed by atoms with Crippen molar-refractivity contribution in [3.05, 3.63) is 0 Å². The Kier molecular flexibility index (Phi) is 4.11. The van der Waals surface area contributed by atoms with Crippen LogP contribution in [0.2, 0.25) is 0 Å². The fourth-order valence-corrected chi connectivity index (χ4v) is 3.40. The second kappa shape index (κ2) is 5.29. The molecule has 2 fully saturated rings. The normalized spacial score (nSPS) is 35.3. The third-order valence-corrected chi connectivity index (χ3v) is 4.50. The summed E-state index contributed by atoms with van der Waals surface area (Å²) in [5.41, 5.74) is -0.417. The number of hydrogen-bond acceptors (Lipinski definition) is 4. The quantitative estimate of drug-likeness (QED) is 0.826. The minimum Gasteiger partial charge on any atom is -0.444 e. The van der Waals surface area contributed by atoms with E-state index < -0.39 is 5.60 Å². The van der Waals surface area contributed by atoms with E-state index in [2.05, 4.69) is 17.6 Å². The van der Waals surface area contributed by atoms with Gasteiger partial charge in [-0.1, -0.05) is 6.92 Å². The van der Waals surface area contributed by atoms with Crippen LogP contribution >= 0.6 is 11.8 Å². The van der Waals surface area contributed by atoms with Crippen molar-refractivity contribution in [3.8, 4) is 0 Å². The lowest BCUT2D eigenvalue weighted by Gasteiger charge is -2.20. The molecule has 2 rings (SSSR count). The smallest absolute Gasteiger partial charge is 0.407 e. The fourth-order valence-electron chi connectivity index (χ4n) is 2.23. The van der Waals surface area contributed by atoms with Crippen molar-refractivity contribution in [3.63, 3.8) is 0 Å². The fraction of sp³-hybridized carbons (Fsp3) is 0.923. The summed E-state index contributed by atoms with van der Waals surface area (Å²) < 4.78 is 5.24. The van der Waals surface area contributed by atoms with Gasteiger partial charge >= 0.3 is 6.09 Å². The van der Waals surface area contributed by atoms with Crippen LogP contribution in [0, 0.1) is 0 Å². The summed E-state index contributed by atoms with van der Waals surface area (Å²) in [7, 11) is 0. The summed E-state index contributed by atoms with van der Waals surface area (Å²) >= 11 is 2.02. The monoisotopic (exact) mass is 272 g/mol. The standard InChI is InChI=1S/C13H24N2O2S/c1-8-5-9(7-18-8)14-10-6-11(10)15-12(16)17-13(2,3)4/h8-11,14H,5-7H2,1-4H3,(H,15,16). The van der Waals surface area contributed by atoms with Crippen LogP contribution in [0.15, 0.2) is 0 Å². The zero-order valence-electron chi connectivity index (χ0n) is 11.7. The van der Waals surface area contributed by atoms with Crippen molar-refractivity contribution >= 4 is 17.9 Å². The first kappa shape index (κ1) is 14.0. The van der Waals surface area contributed by atoms with Gasteiger partial charge in [-0.05, 0) is 33.6 Å². The number of hydrogen-bond donors (Lipinski definition) is 2. The molecule has 4 nitrogen and oxygen atoms in total. The molecule has 1 saturated carbocycles. The third kappa shape index (κ3) is 4.35. The Hall–Kier alpha value is -0.420. The molecule has 0 radical (unpaired) electrons. The molecule has 1 amide bonds. The SMILES string of the molecule is CC1CC(NC2CC2NC(=O)OC(C)(C)C)CS1. The Balaban J connectivity index is 1.64. The highest BCUT2D eigenvalue weighted by molar-refractivity contribution is 8.00. The van der Waals surface area contributed by atoms with Gasteiger partial charge in [0.1, 0.15) is 5.60 Å². The number of thioether (sulfide) groups is 1. The Labute approximate surface area is 114 Å². The molecule has 104 valence electrons. The van der Waals surface area contributed by atoms with E-state index in [-0.39, 0.29) is 12.1 Å². The van der Waals surface area contributed by atoms with E-state index >= 15 is 0 Å². The van der Waals surface area contributed by atoms with Crippen molar-refractivity contribution in [2.75, 3.05) is 5.75 Å². The zero-order valence-corrected chi connectivity index (χ0v) is 12.5. The van der Waals surface area contributed by atoms with Gasteiger partial charge in [0.05, 0.1) is 0 Å². The summed E-state index contributed by atoms with van der Waals surface area (Å²) in [5.74, 6) is 1.19. The maximum absolute atomic E-state index is 11.6. The van der Waals surface area contributed by atoms with E-state index in [1.54, 1.807) is 0 Å². The van der Waals surface area contributed by atoms with Crippen molar-refractivity contribution in [2.24, 2.45) is 0 Å². The molecule has 4 unspecified atom stereocenters. The van der Waals surface area contributed by atoms with E-state index in [1.807, 2.05) is 32.5 Å². The van der Waals surface area contributed by atoms with Crippen molar-refractivity contribution in [1.82, 2.24) is 10.6 Å². The highest BCUT2D eigenvalue weighted by Crippen LogP contribution is 2.30. The van der Waals surface area contributed by atoms with Gasteiger partial charge in [0.15, 0.2) is 0 Å². The van der Waals surface area contributed by atoms with Crippen LogP contribution in [-0.2, 0) is 4.74 Å². The molecule has 0 aromatic heterocycles. The highest BCUT2D eigenvalue weighted by atomic mass is 32.2. The van der Waals surface area contributed by atoms with E-state index in [0.29, 0.717) is 12.1 Å². The second-order valence-corrected chi connectivity index (χ2v) is 7.81. The van der Waals surface area contributed by atoms with Gasteiger partial charge in [-0.3, -0.25) is 0 Å². The number of rotatable bonds is 3. The largest absolute Gasteiger partial charge is 0.444 e. The van der Waals surface area contributed by atoms with Crippen molar-refractivity contribution in [1.29, 1.82) is 0 Å². The molecule has 1 aliphatic carbocycles. The molecule has 2 N–H and O–H groups in total. The van der Waals surface area contributed by atoms with Gasteiger partial charge in [-0.15, -0.1) is 0 Å². The summed E-state index contributed by atoms with van der Waals surface area (Å²) in [6.07, 6.45) is 1.96. The molecule has 5 heteroatoms. The minimum absolute atomic E-state index is 0.251. The lowest BCUT2D eigenvalue weighted by atomic mass is 10.2. The van der Waals surface area contributed by atoms with E-state index in [9.17, 15) is 4.79 Å². The van der Waals surface area contributed by atoms with Crippen molar-refractivity contribution < 1.29 is 9.53 Å². The highest BCUT2D eigenvalue weighted by Gasteiger charge is 2.41. The summed E-state index contributed by atoms with van der Waals surface area (Å²) in [4.78, 5) is 11.6. The van der Waals surface area contributed by atoms with Gasteiger partial charge in [0.25, 0.3) is 0 Å². The molecule has 4 atom stereocenters. The lowest BCUT2D eigenvalue weighted by molar-refractivity contribution is 0.0522. The lowest BCUT2D eigenvalue weighted by Crippen LogP contribution is -2.39. The van der Waals surface area contributed by atoms with Crippen LogP contribution in [0.3, 0.4) is 0 Å². The molecule has 1 saturated heterocycles. The van der Waals surface area contributed by atoms with Gasteiger partial charge in [-0.25, -0.2) is 4.79 Å². The predicted molar refractivity (Wildman–Crippen MR) is 75.0 cm³/mol. The number of nitrogens with one attached hydrogen (secondary N) is 2. The number of alkyl carbamates (subject to hydrolysis) is 1. The van der Waals surface area contributed by atoms with Gasteiger partial charge < -0.3 is 15.4 Å². The average Bonchev–Trinajstić information content (AvgIpc) is 2.74. The van der Waals surface area contributed by atoms with Gasteiger partial charge in [-0.2, -0.15) is 11.8 Å². The van der Waals surface area contributed by atoms with Crippen LogP contribution < -0.4 is 10.6 Å². The first-order valence-electron chi connectivity index (χ1n) is 6.70. The molecule has 0 spiro atoms. The molecular weight excluding hydrogens is 248 g/mol. The number of ether oxygens (including phenoxy) is 1. The van der Waals surface area contributed by atoms with E-state index in [4.69, 9.17) is 4.74 Å². The Bertz CT molecular complexity index is 317. The Morgan fingerprint density at radius 2 is 2.00 bits per heavy atom. The Morgan fingerprint density at radius 1 is 1.28 bits per heavy atom. The molecule has 1 heterocycles. The van der Waals surface area contributed by atoms with Gasteiger partial charge in [0, 0.05) is 29.1 Å². The Morgan fingerprint density at radius 3 is 2.56 bits per heavy atom. The predicted octanol–water partition coefficient (Wildman–Crippen LogP) is 2.14. The van der Waals surface area contributed by atoms with Crippen LogP contribution in [0.4, 0.5) is 4.79 Å². The molecule has 0 aromatic carbocycles. The number of carbonyl (C=O) groups excluding carboxylic acids is 1. The summed E-state index contributed by atoms with van der Waals surface area (Å²) in [5, 5.41) is 7.29. The zero-order chi connectivity index (χ0) is 13.3. The summed E-state index contributed by atoms with van der Waals surface area (Å²) in [6.45, 7) is 7.92. The first-order chi connectivity index (χ1) is 8.33. The minimum atomic E-state index is -0.417. The molecule has 0 aromatic rings. The second-order valence-electron chi connectivity index (χ2n) is 6.34. The molecule has 18 heavy (non-hydrogen) atoms. The molecule has 2 aliphatic rings. The number of carbonyl (C=O) groups is 1.